The van der Waals surface area contributed by atoms with E-state index in [1.165, 1.54) is 0 Å². The van der Waals surface area contributed by atoms with Gasteiger partial charge in [-0.05, 0) is 11.5 Å². The lowest BCUT2D eigenvalue weighted by atomic mass is 9.98. The molecule has 0 spiro atoms. The first-order valence-corrected chi connectivity index (χ1v) is 6.82. The fourth-order valence-electron chi connectivity index (χ4n) is 2.64. The van der Waals surface area contributed by atoms with E-state index in [1.807, 2.05) is 30.3 Å². The third kappa shape index (κ3) is 2.52. The standard InChI is InChI=1S/C15H18NO5/c17-8-11-12(18)13(19)14(20)15(21-11)16-6-5-9-3-1-2-4-10(9)7-16/h1-7,11-15,17-20H,8H2/q+1/t11-,12-,13+,14-,15+/m1/s1. The Morgan fingerprint density at radius 3 is 2.38 bits per heavy atom. The summed E-state index contributed by atoms with van der Waals surface area (Å²) in [5.74, 6) is 0. The van der Waals surface area contributed by atoms with Gasteiger partial charge in [0.15, 0.2) is 18.5 Å². The molecule has 0 radical (unpaired) electrons. The van der Waals surface area contributed by atoms with Crippen LogP contribution in [0.25, 0.3) is 10.8 Å². The van der Waals surface area contributed by atoms with E-state index < -0.39 is 37.3 Å². The maximum atomic E-state index is 10.1. The van der Waals surface area contributed by atoms with Crippen LogP contribution in [0.3, 0.4) is 0 Å². The number of nitrogens with zero attached hydrogens (tertiary/aromatic N) is 1. The fourth-order valence-corrected chi connectivity index (χ4v) is 2.64. The number of aromatic nitrogens is 1. The molecule has 2 heterocycles. The van der Waals surface area contributed by atoms with Crippen molar-refractivity contribution in [2.45, 2.75) is 30.6 Å². The number of hydrogen-bond acceptors (Lipinski definition) is 5. The molecule has 3 rings (SSSR count). The van der Waals surface area contributed by atoms with Crippen LogP contribution in [0.15, 0.2) is 42.7 Å². The van der Waals surface area contributed by atoms with Gasteiger partial charge in [-0.1, -0.05) is 18.2 Å². The van der Waals surface area contributed by atoms with Crippen molar-refractivity contribution in [1.82, 2.24) is 0 Å². The molecule has 1 aromatic carbocycles. The minimum atomic E-state index is -1.38. The number of rotatable bonds is 2. The summed E-state index contributed by atoms with van der Waals surface area (Å²) in [5, 5.41) is 40.9. The highest BCUT2D eigenvalue weighted by atomic mass is 16.6. The molecular weight excluding hydrogens is 274 g/mol. The van der Waals surface area contributed by atoms with Crippen molar-refractivity contribution in [3.8, 4) is 0 Å². The Morgan fingerprint density at radius 2 is 1.67 bits per heavy atom. The molecule has 1 aliphatic rings. The highest BCUT2D eigenvalue weighted by molar-refractivity contribution is 5.80. The molecule has 5 atom stereocenters. The number of pyridine rings is 1. The van der Waals surface area contributed by atoms with E-state index in [1.54, 1.807) is 17.0 Å². The highest BCUT2D eigenvalue weighted by Crippen LogP contribution is 2.25. The maximum absolute atomic E-state index is 10.1. The van der Waals surface area contributed by atoms with Gasteiger partial charge in [-0.2, -0.15) is 4.57 Å². The molecule has 112 valence electrons. The zero-order valence-corrected chi connectivity index (χ0v) is 11.3. The normalized spacial score (nSPS) is 33.2. The molecule has 6 nitrogen and oxygen atoms in total. The summed E-state index contributed by atoms with van der Waals surface area (Å²) < 4.78 is 7.15. The molecule has 2 aromatic rings. The van der Waals surface area contributed by atoms with Gasteiger partial charge in [-0.3, -0.25) is 0 Å². The number of hydrogen-bond donors (Lipinski definition) is 4. The summed E-state index contributed by atoms with van der Waals surface area (Å²) in [6, 6.07) is 9.60. The van der Waals surface area contributed by atoms with Gasteiger partial charge in [-0.25, -0.2) is 0 Å². The van der Waals surface area contributed by atoms with Crippen LogP contribution in [-0.2, 0) is 4.74 Å². The Morgan fingerprint density at radius 1 is 0.952 bits per heavy atom. The second-order valence-corrected chi connectivity index (χ2v) is 5.24. The van der Waals surface area contributed by atoms with E-state index in [0.29, 0.717) is 0 Å². The molecule has 6 heteroatoms. The zero-order chi connectivity index (χ0) is 15.0. The van der Waals surface area contributed by atoms with Gasteiger partial charge in [0.05, 0.1) is 6.61 Å². The van der Waals surface area contributed by atoms with E-state index in [0.717, 1.165) is 10.8 Å². The van der Waals surface area contributed by atoms with Crippen molar-refractivity contribution in [2.75, 3.05) is 6.61 Å². The van der Waals surface area contributed by atoms with Crippen LogP contribution < -0.4 is 4.57 Å². The van der Waals surface area contributed by atoms with Crippen LogP contribution in [0, 0.1) is 0 Å². The number of ether oxygens (including phenoxy) is 1. The molecule has 1 aliphatic heterocycles. The predicted molar refractivity (Wildman–Crippen MR) is 73.2 cm³/mol. The third-order valence-electron chi connectivity index (χ3n) is 3.87. The molecule has 4 N–H and O–H groups in total. The third-order valence-corrected chi connectivity index (χ3v) is 3.87. The van der Waals surface area contributed by atoms with Crippen LogP contribution in [-0.4, -0.2) is 51.4 Å². The number of fused-ring (bicyclic) bond motifs is 1. The van der Waals surface area contributed by atoms with Crippen molar-refractivity contribution in [2.24, 2.45) is 0 Å². The van der Waals surface area contributed by atoms with Gasteiger partial charge in [0.25, 0.3) is 6.23 Å². The van der Waals surface area contributed by atoms with Gasteiger partial charge in [0, 0.05) is 11.5 Å². The predicted octanol–water partition coefficient (Wildman–Crippen LogP) is -0.900. The summed E-state index contributed by atoms with van der Waals surface area (Å²) in [5.41, 5.74) is 0. The van der Waals surface area contributed by atoms with Crippen molar-refractivity contribution in [1.29, 1.82) is 0 Å². The fraction of sp³-hybridized carbons (Fsp3) is 0.400. The van der Waals surface area contributed by atoms with Crippen LogP contribution in [0.5, 0.6) is 0 Å². The Labute approximate surface area is 121 Å². The minimum absolute atomic E-state index is 0.435. The first-order valence-electron chi connectivity index (χ1n) is 6.82. The smallest absolute Gasteiger partial charge is 0.292 e. The first kappa shape index (κ1) is 14.4. The average Bonchev–Trinajstić information content (AvgIpc) is 2.52. The molecule has 1 aromatic heterocycles. The SMILES string of the molecule is OC[C@H]1O[C@H]([n+]2ccc3ccccc3c2)[C@H](O)[C@@H](O)[C@@H]1O. The van der Waals surface area contributed by atoms with Crippen LogP contribution >= 0.6 is 0 Å². The van der Waals surface area contributed by atoms with Crippen LogP contribution in [0.1, 0.15) is 6.23 Å². The van der Waals surface area contributed by atoms with Crippen LogP contribution in [0.2, 0.25) is 0 Å². The Bertz CT molecular complexity index is 632. The van der Waals surface area contributed by atoms with Gasteiger partial charge < -0.3 is 25.2 Å². The second kappa shape index (κ2) is 5.67. The molecule has 1 fully saturated rings. The van der Waals surface area contributed by atoms with Gasteiger partial charge in [0.1, 0.15) is 18.3 Å². The summed E-state index contributed by atoms with van der Waals surface area (Å²) >= 11 is 0. The Kier molecular flexibility index (Phi) is 3.88. The van der Waals surface area contributed by atoms with E-state index in [9.17, 15) is 20.4 Å². The highest BCUT2D eigenvalue weighted by Gasteiger charge is 2.48. The van der Waals surface area contributed by atoms with Gasteiger partial charge in [0.2, 0.25) is 0 Å². The number of aliphatic hydroxyl groups excluding tert-OH is 4. The Balaban J connectivity index is 1.96. The van der Waals surface area contributed by atoms with E-state index in [4.69, 9.17) is 4.74 Å². The lowest BCUT2D eigenvalue weighted by molar-refractivity contribution is -0.777. The van der Waals surface area contributed by atoms with Crippen molar-refractivity contribution in [3.05, 3.63) is 42.7 Å². The molecule has 0 amide bonds. The zero-order valence-electron chi connectivity index (χ0n) is 11.3. The molecule has 0 bridgehead atoms. The van der Waals surface area contributed by atoms with Crippen molar-refractivity contribution in [3.63, 3.8) is 0 Å². The topological polar surface area (TPSA) is 94.0 Å². The number of aliphatic hydroxyl groups is 4. The summed E-state index contributed by atoms with van der Waals surface area (Å²) in [6.45, 7) is -0.435. The van der Waals surface area contributed by atoms with Crippen molar-refractivity contribution >= 4 is 10.8 Å². The monoisotopic (exact) mass is 292 g/mol. The molecule has 0 saturated carbocycles. The summed E-state index contributed by atoms with van der Waals surface area (Å²) in [7, 11) is 0. The number of benzene rings is 1. The summed E-state index contributed by atoms with van der Waals surface area (Å²) in [6.07, 6.45) is -2.26. The first-order chi connectivity index (χ1) is 10.1. The second-order valence-electron chi connectivity index (χ2n) is 5.24. The van der Waals surface area contributed by atoms with Crippen molar-refractivity contribution < 1.29 is 29.7 Å². The molecule has 0 aliphatic carbocycles. The lowest BCUT2D eigenvalue weighted by Gasteiger charge is -2.36. The summed E-state index contributed by atoms with van der Waals surface area (Å²) in [4.78, 5) is 0. The molecule has 21 heavy (non-hydrogen) atoms. The Hall–Kier alpha value is -1.57. The van der Waals surface area contributed by atoms with E-state index >= 15 is 0 Å². The largest absolute Gasteiger partial charge is 0.394 e. The lowest BCUT2D eigenvalue weighted by Crippen LogP contribution is -2.62. The molecule has 1 saturated heterocycles. The molecule has 0 unspecified atom stereocenters. The quantitative estimate of drug-likeness (QED) is 0.538. The molecular formula is C15H18NO5+. The van der Waals surface area contributed by atoms with E-state index in [-0.39, 0.29) is 0 Å². The van der Waals surface area contributed by atoms with E-state index in [2.05, 4.69) is 0 Å². The average molecular weight is 292 g/mol. The van der Waals surface area contributed by atoms with Gasteiger partial charge in [-0.15, -0.1) is 0 Å². The minimum Gasteiger partial charge on any atom is -0.394 e. The van der Waals surface area contributed by atoms with Crippen LogP contribution in [0.4, 0.5) is 0 Å². The maximum Gasteiger partial charge on any atom is 0.292 e. The van der Waals surface area contributed by atoms with Gasteiger partial charge >= 0.3 is 0 Å².